The summed E-state index contributed by atoms with van der Waals surface area (Å²) >= 11 is 0. The third-order valence-corrected chi connectivity index (χ3v) is 5.40. The quantitative estimate of drug-likeness (QED) is 0.119. The van der Waals surface area contributed by atoms with E-state index in [4.69, 9.17) is 4.74 Å². The number of ether oxygens (including phenoxy) is 1. The maximum atomic E-state index is 11.9. The zero-order valence-corrected chi connectivity index (χ0v) is 31.6. The molecule has 0 saturated carbocycles. The van der Waals surface area contributed by atoms with Crippen molar-refractivity contribution >= 4 is 17.8 Å². The number of hydrogen-bond acceptors (Lipinski definition) is 5. The molecule has 3 aromatic rings. The lowest BCUT2D eigenvalue weighted by atomic mass is 10.2. The second-order valence-corrected chi connectivity index (χ2v) is 9.40. The molecule has 0 radical (unpaired) electrons. The molecule has 0 unspecified atom stereocenters. The maximum absolute atomic E-state index is 11.9. The molecule has 0 spiro atoms. The number of halogens is 3. The van der Waals surface area contributed by atoms with E-state index in [1.54, 1.807) is 77.2 Å². The van der Waals surface area contributed by atoms with Gasteiger partial charge in [0.15, 0.2) is 37.2 Å². The minimum absolute atomic E-state index is 0. The molecule has 0 bridgehead atoms. The fourth-order valence-corrected chi connectivity index (χ4v) is 2.77. The predicted octanol–water partition coefficient (Wildman–Crippen LogP) is -7.05. The highest BCUT2D eigenvalue weighted by atomic mass is 127. The zero-order valence-electron chi connectivity index (χ0n) is 25.1. The number of aromatic nitrogens is 3. The molecule has 0 fully saturated rings. The smallest absolute Gasteiger partial charge is 0.352 e. The Kier molecular flexibility index (Phi) is 24.2. The molecule has 0 aromatic carbocycles. The van der Waals surface area contributed by atoms with E-state index >= 15 is 0 Å². The maximum Gasteiger partial charge on any atom is 0.352 e. The summed E-state index contributed by atoms with van der Waals surface area (Å²) in [5.41, 5.74) is 1.39. The van der Waals surface area contributed by atoms with Crippen LogP contribution in [0.4, 0.5) is 0 Å². The predicted molar refractivity (Wildman–Crippen MR) is 144 cm³/mol. The van der Waals surface area contributed by atoms with Gasteiger partial charge in [-0.25, -0.2) is 23.3 Å². The van der Waals surface area contributed by atoms with Crippen molar-refractivity contribution in [3.8, 4) is 0 Å². The first-order valence-electron chi connectivity index (χ1n) is 12.4. The van der Waals surface area contributed by atoms with Gasteiger partial charge in [0.25, 0.3) is 5.91 Å². The summed E-state index contributed by atoms with van der Waals surface area (Å²) in [6.45, 7) is 8.22. The Hall–Kier alpha value is -1.79. The molecule has 0 saturated heterocycles. The molecular weight excluding hydrogens is 863 g/mol. The van der Waals surface area contributed by atoms with Crippen molar-refractivity contribution in [1.82, 2.24) is 10.2 Å². The van der Waals surface area contributed by atoms with Gasteiger partial charge in [-0.2, -0.15) is 0 Å². The average molecular weight is 905 g/mol. The number of amides is 1. The van der Waals surface area contributed by atoms with Crippen LogP contribution in [0.25, 0.3) is 0 Å². The van der Waals surface area contributed by atoms with Gasteiger partial charge in [-0.15, -0.1) is 0 Å². The highest BCUT2D eigenvalue weighted by Crippen LogP contribution is 2.04. The van der Waals surface area contributed by atoms with Crippen LogP contribution in [-0.2, 0) is 25.9 Å². The van der Waals surface area contributed by atoms with E-state index in [0.29, 0.717) is 17.2 Å². The molecular formula is C29H42I3N5O4. The van der Waals surface area contributed by atoms with Crippen LogP contribution in [-0.4, -0.2) is 48.9 Å². The van der Waals surface area contributed by atoms with Crippen molar-refractivity contribution in [3.05, 3.63) is 90.3 Å². The third-order valence-electron chi connectivity index (χ3n) is 5.40. The van der Waals surface area contributed by atoms with Gasteiger partial charge in [-0.3, -0.25) is 4.79 Å². The Balaban J connectivity index is -0.000000585. The lowest BCUT2D eigenvalue weighted by Gasteiger charge is -2.20. The highest BCUT2D eigenvalue weighted by molar-refractivity contribution is 6.02. The molecule has 0 aliphatic heterocycles. The number of aryl methyl sites for hydroxylation is 3. The zero-order chi connectivity index (χ0) is 28.8. The van der Waals surface area contributed by atoms with Crippen LogP contribution >= 0.6 is 0 Å². The van der Waals surface area contributed by atoms with Gasteiger partial charge in [0.05, 0.1) is 0 Å². The van der Waals surface area contributed by atoms with E-state index in [0.717, 1.165) is 5.56 Å². The molecule has 3 heterocycles. The van der Waals surface area contributed by atoms with Crippen LogP contribution in [0.2, 0.25) is 0 Å². The second kappa shape index (κ2) is 22.8. The molecule has 1 amide bonds. The summed E-state index contributed by atoms with van der Waals surface area (Å²) < 4.78 is 10.1. The SMILES string of the molecule is CC(C)N(C)C(=O)c1ccc[n+](C)c1.CNC(C)C.C[n+]1cccc(C(=O)OC(=O)c2ccc[n+](C)c2)c1.[I-].[I-].[I-]. The number of nitrogens with one attached hydrogen (secondary N) is 1. The number of pyridine rings is 3. The van der Waals surface area contributed by atoms with Crippen LogP contribution in [0, 0.1) is 0 Å². The van der Waals surface area contributed by atoms with Crippen molar-refractivity contribution in [2.24, 2.45) is 21.1 Å². The standard InChI is InChI=1S/C14H14N2O3.C11H17N2O.C4H11N.3HI/c1-15-7-3-5-11(9-15)13(17)19-14(18)12-6-4-8-16(2)10-12;1-9(2)13(4)11(14)10-6-5-7-12(3)8-10;1-4(2)5-3;;;/h3-10H,1-2H3;5-9H,1-4H3;4-5H,1-3H3;3*1H/q+2;+1;;;;/p-3. The molecule has 0 atom stereocenters. The number of esters is 2. The summed E-state index contributed by atoms with van der Waals surface area (Å²) in [6, 6.07) is 11.2. The Labute approximate surface area is 295 Å². The first kappa shape index (κ1) is 43.7. The Morgan fingerprint density at radius 2 is 1.02 bits per heavy atom. The summed E-state index contributed by atoms with van der Waals surface area (Å²) in [5.74, 6) is -1.25. The van der Waals surface area contributed by atoms with Gasteiger partial charge in [-0.05, 0) is 39.1 Å². The van der Waals surface area contributed by atoms with E-state index < -0.39 is 11.9 Å². The van der Waals surface area contributed by atoms with Gasteiger partial charge in [0.1, 0.15) is 37.8 Å². The van der Waals surface area contributed by atoms with Crippen LogP contribution < -0.4 is 90.9 Å². The van der Waals surface area contributed by atoms with Crippen LogP contribution in [0.5, 0.6) is 0 Å². The fraction of sp³-hybridized carbons (Fsp3) is 0.379. The van der Waals surface area contributed by atoms with Gasteiger partial charge in [-0.1, -0.05) is 13.8 Å². The first-order chi connectivity index (χ1) is 17.8. The molecule has 1 N–H and O–H groups in total. The monoisotopic (exact) mass is 905 g/mol. The summed E-state index contributed by atoms with van der Waals surface area (Å²) in [5, 5.41) is 3.03. The van der Waals surface area contributed by atoms with Crippen LogP contribution in [0.15, 0.2) is 73.6 Å². The molecule has 3 aromatic heterocycles. The number of carbonyl (C=O) groups is 3. The van der Waals surface area contributed by atoms with Crippen molar-refractivity contribution in [2.45, 2.75) is 39.8 Å². The van der Waals surface area contributed by atoms with Crippen LogP contribution in [0.1, 0.15) is 58.8 Å². The van der Waals surface area contributed by atoms with Crippen molar-refractivity contribution in [3.63, 3.8) is 0 Å². The Morgan fingerprint density at radius 3 is 1.32 bits per heavy atom. The molecule has 228 valence electrons. The molecule has 12 heteroatoms. The molecule has 41 heavy (non-hydrogen) atoms. The number of hydrogen-bond donors (Lipinski definition) is 1. The molecule has 0 aliphatic carbocycles. The van der Waals surface area contributed by atoms with E-state index in [2.05, 4.69) is 19.2 Å². The van der Waals surface area contributed by atoms with E-state index in [9.17, 15) is 14.4 Å². The van der Waals surface area contributed by atoms with Gasteiger partial charge in [0.2, 0.25) is 0 Å². The number of carbonyl (C=O) groups excluding carboxylic acids is 3. The van der Waals surface area contributed by atoms with E-state index in [1.807, 2.05) is 64.1 Å². The topological polar surface area (TPSA) is 87.3 Å². The second-order valence-electron chi connectivity index (χ2n) is 9.40. The third kappa shape index (κ3) is 17.0. The Bertz CT molecular complexity index is 1170. The highest BCUT2D eigenvalue weighted by Gasteiger charge is 2.19. The minimum Gasteiger partial charge on any atom is -1.00 e. The van der Waals surface area contributed by atoms with Crippen molar-refractivity contribution < 1.29 is 105 Å². The van der Waals surface area contributed by atoms with Crippen molar-refractivity contribution in [2.75, 3.05) is 14.1 Å². The fourth-order valence-electron chi connectivity index (χ4n) is 2.77. The average Bonchev–Trinajstić information content (AvgIpc) is 2.88. The van der Waals surface area contributed by atoms with E-state index in [1.165, 1.54) is 0 Å². The number of rotatable bonds is 5. The minimum atomic E-state index is -0.660. The van der Waals surface area contributed by atoms with Crippen LogP contribution in [0.3, 0.4) is 0 Å². The Morgan fingerprint density at radius 1 is 0.707 bits per heavy atom. The summed E-state index contributed by atoms with van der Waals surface area (Å²) in [6.07, 6.45) is 10.5. The number of nitrogens with zero attached hydrogens (tertiary/aromatic N) is 4. The summed E-state index contributed by atoms with van der Waals surface area (Å²) in [7, 11) is 9.25. The molecule has 9 nitrogen and oxygen atoms in total. The normalized spacial score (nSPS) is 9.34. The lowest BCUT2D eigenvalue weighted by Crippen LogP contribution is -3.00. The largest absolute Gasteiger partial charge is 1.00 e. The first-order valence-corrected chi connectivity index (χ1v) is 12.4. The van der Waals surface area contributed by atoms with Gasteiger partial charge < -0.3 is 86.9 Å². The van der Waals surface area contributed by atoms with Gasteiger partial charge >= 0.3 is 11.9 Å². The molecule has 3 rings (SSSR count). The molecule has 0 aliphatic rings. The van der Waals surface area contributed by atoms with E-state index in [-0.39, 0.29) is 83.9 Å². The van der Waals surface area contributed by atoms with Gasteiger partial charge in [0, 0.05) is 37.3 Å². The lowest BCUT2D eigenvalue weighted by molar-refractivity contribution is -0.671. The summed E-state index contributed by atoms with van der Waals surface area (Å²) in [4.78, 5) is 37.2. The van der Waals surface area contributed by atoms with Crippen molar-refractivity contribution in [1.29, 1.82) is 0 Å².